The first kappa shape index (κ1) is 23.5. The zero-order valence-electron chi connectivity index (χ0n) is 23.7. The number of fused-ring (bicyclic) bond motifs is 7. The average Bonchev–Trinajstić information content (AvgIpc) is 3.17. The fourth-order valence-electron chi connectivity index (χ4n) is 6.79. The fourth-order valence-corrected chi connectivity index (χ4v) is 6.79. The Kier molecular flexibility index (Phi) is 4.75. The van der Waals surface area contributed by atoms with Gasteiger partial charge in [-0.3, -0.25) is 4.98 Å². The number of aryl methyl sites for hydroxylation is 1. The molecule has 0 amide bonds. The number of hydrogen-bond donors (Lipinski definition) is 0. The van der Waals surface area contributed by atoms with E-state index in [0.29, 0.717) is 0 Å². The third kappa shape index (κ3) is 3.42. The lowest BCUT2D eigenvalue weighted by Crippen LogP contribution is -2.12. The highest BCUT2D eigenvalue weighted by molar-refractivity contribution is 6.29. The second-order valence-electron chi connectivity index (χ2n) is 13.8. The lowest BCUT2D eigenvalue weighted by molar-refractivity contribution is 0.412. The highest BCUT2D eigenvalue weighted by Crippen LogP contribution is 2.46. The number of nitrogens with zero attached hydrogens (tertiary/aromatic N) is 2. The highest BCUT2D eigenvalue weighted by Gasteiger charge is 2.26. The van der Waals surface area contributed by atoms with Gasteiger partial charge in [-0.15, -0.1) is 0 Å². The van der Waals surface area contributed by atoms with Crippen LogP contribution in [0.1, 0.15) is 58.2 Å². The summed E-state index contributed by atoms with van der Waals surface area (Å²) in [4.78, 5) is 5.09. The van der Waals surface area contributed by atoms with E-state index in [1.54, 1.807) is 0 Å². The molecule has 0 unspecified atom stereocenters. The van der Waals surface area contributed by atoms with Crippen molar-refractivity contribution in [3.05, 3.63) is 83.6 Å². The largest absolute Gasteiger partial charge is 0.308 e. The molecule has 3 aromatic heterocycles. The minimum absolute atomic E-state index is 0.142. The molecule has 0 saturated heterocycles. The van der Waals surface area contributed by atoms with Crippen molar-refractivity contribution in [2.24, 2.45) is 10.8 Å². The summed E-state index contributed by atoms with van der Waals surface area (Å²) in [5.74, 6) is 0. The molecule has 2 heteroatoms. The van der Waals surface area contributed by atoms with Crippen LogP contribution < -0.4 is 0 Å². The Morgan fingerprint density at radius 1 is 0.684 bits per heavy atom. The van der Waals surface area contributed by atoms with Crippen molar-refractivity contribution in [2.45, 2.75) is 61.3 Å². The summed E-state index contributed by atoms with van der Waals surface area (Å²) < 4.78 is 2.60. The summed E-state index contributed by atoms with van der Waals surface area (Å²) in [6, 6.07) is 23.0. The lowest BCUT2D eigenvalue weighted by Gasteiger charge is -2.24. The van der Waals surface area contributed by atoms with E-state index < -0.39 is 0 Å². The first-order chi connectivity index (χ1) is 18.0. The van der Waals surface area contributed by atoms with Gasteiger partial charge < -0.3 is 4.40 Å². The van der Waals surface area contributed by atoms with Crippen molar-refractivity contribution in [1.82, 2.24) is 9.38 Å². The van der Waals surface area contributed by atoms with Crippen LogP contribution in [0.4, 0.5) is 0 Å². The average molecular weight is 497 g/mol. The molecule has 0 spiro atoms. The van der Waals surface area contributed by atoms with Gasteiger partial charge in [0.05, 0.1) is 22.1 Å². The Bertz CT molecular complexity index is 2040. The van der Waals surface area contributed by atoms with Crippen LogP contribution in [0, 0.1) is 17.8 Å². The Labute approximate surface area is 224 Å². The molecule has 0 saturated carbocycles. The number of benzene rings is 4. The van der Waals surface area contributed by atoms with E-state index in [-0.39, 0.29) is 10.8 Å². The quantitative estimate of drug-likeness (QED) is 0.172. The third-order valence-electron chi connectivity index (χ3n) is 8.03. The molecule has 0 aliphatic rings. The summed E-state index contributed by atoms with van der Waals surface area (Å²) in [7, 11) is 0. The molecule has 7 aromatic rings. The predicted octanol–water partition coefficient (Wildman–Crippen LogP) is 10.0. The van der Waals surface area contributed by atoms with Gasteiger partial charge in [-0.25, -0.2) is 0 Å². The summed E-state index contributed by atoms with van der Waals surface area (Å²) >= 11 is 0. The van der Waals surface area contributed by atoms with Crippen molar-refractivity contribution < 1.29 is 0 Å². The van der Waals surface area contributed by atoms with Crippen LogP contribution in [0.5, 0.6) is 0 Å². The van der Waals surface area contributed by atoms with Gasteiger partial charge in [-0.05, 0) is 76.1 Å². The Morgan fingerprint density at radius 2 is 1.45 bits per heavy atom. The summed E-state index contributed by atoms with van der Waals surface area (Å²) in [5, 5.41) is 9.24. The van der Waals surface area contributed by atoms with Crippen molar-refractivity contribution in [1.29, 1.82) is 0 Å². The molecule has 0 aliphatic heterocycles. The molecular formula is C36H36N2. The van der Waals surface area contributed by atoms with Crippen molar-refractivity contribution in [2.75, 3.05) is 0 Å². The highest BCUT2D eigenvalue weighted by atomic mass is 14.9. The SMILES string of the molecule is Cc1ccc2c(CC(C)(C)C)c3c(cc2c1)c1nccc2cc(CC(C)(C)C)c4c5ccccc5n3c4c21. The van der Waals surface area contributed by atoms with Crippen molar-refractivity contribution in [3.63, 3.8) is 0 Å². The van der Waals surface area contributed by atoms with E-state index in [4.69, 9.17) is 4.98 Å². The fraction of sp³-hybridized carbons (Fsp3) is 0.306. The van der Waals surface area contributed by atoms with E-state index in [1.807, 2.05) is 6.20 Å². The second kappa shape index (κ2) is 7.69. The van der Waals surface area contributed by atoms with Gasteiger partial charge in [0.2, 0.25) is 0 Å². The van der Waals surface area contributed by atoms with Crippen LogP contribution in [0.15, 0.2) is 66.9 Å². The van der Waals surface area contributed by atoms with Gasteiger partial charge in [0.25, 0.3) is 0 Å². The molecular weight excluding hydrogens is 460 g/mol. The molecule has 0 fully saturated rings. The van der Waals surface area contributed by atoms with Crippen LogP contribution in [-0.2, 0) is 12.8 Å². The number of rotatable bonds is 2. The first-order valence-electron chi connectivity index (χ1n) is 13.9. The molecule has 0 radical (unpaired) electrons. The Morgan fingerprint density at radius 3 is 2.21 bits per heavy atom. The predicted molar refractivity (Wildman–Crippen MR) is 165 cm³/mol. The molecule has 3 heterocycles. The minimum atomic E-state index is 0.142. The number of aromatic nitrogens is 2. The Hall–Kier alpha value is -3.65. The van der Waals surface area contributed by atoms with Gasteiger partial charge in [0.1, 0.15) is 0 Å². The first-order valence-corrected chi connectivity index (χ1v) is 13.9. The van der Waals surface area contributed by atoms with E-state index in [2.05, 4.69) is 114 Å². The smallest absolute Gasteiger partial charge is 0.0823 e. The minimum Gasteiger partial charge on any atom is -0.308 e. The molecule has 0 atom stereocenters. The van der Waals surface area contributed by atoms with Crippen molar-refractivity contribution in [3.8, 4) is 0 Å². The molecule has 4 aromatic carbocycles. The van der Waals surface area contributed by atoms with Crippen LogP contribution in [0.2, 0.25) is 0 Å². The van der Waals surface area contributed by atoms with Gasteiger partial charge in [-0.1, -0.05) is 89.6 Å². The zero-order chi connectivity index (χ0) is 26.6. The summed E-state index contributed by atoms with van der Waals surface area (Å²) in [6.45, 7) is 16.3. The summed E-state index contributed by atoms with van der Waals surface area (Å²) in [6.07, 6.45) is 4.04. The maximum Gasteiger partial charge on any atom is 0.0823 e. The molecule has 0 N–H and O–H groups in total. The summed E-state index contributed by atoms with van der Waals surface area (Å²) in [5.41, 5.74) is 9.56. The van der Waals surface area contributed by atoms with E-state index in [1.165, 1.54) is 70.9 Å². The van der Waals surface area contributed by atoms with E-state index >= 15 is 0 Å². The normalized spacial score (nSPS) is 13.3. The van der Waals surface area contributed by atoms with Gasteiger partial charge in [0.15, 0.2) is 0 Å². The Balaban J connectivity index is 1.84. The van der Waals surface area contributed by atoms with E-state index in [0.717, 1.165) is 18.4 Å². The van der Waals surface area contributed by atoms with E-state index in [9.17, 15) is 0 Å². The van der Waals surface area contributed by atoms with Crippen LogP contribution in [0.25, 0.3) is 59.8 Å². The van der Waals surface area contributed by atoms with Gasteiger partial charge in [0, 0.05) is 27.7 Å². The standard InChI is InChI=1S/C36H36N2/c1-21-12-13-25-23(16-21)18-27-32-31-22(14-15-37-32)17-24(19-35(2,3)4)30-26-10-8-9-11-29(26)38(34(30)31)33(27)28(25)20-36(5,6)7/h8-18H,19-20H2,1-7H3. The maximum absolute atomic E-state index is 5.09. The molecule has 0 bridgehead atoms. The second-order valence-corrected chi connectivity index (χ2v) is 13.8. The molecule has 190 valence electrons. The molecule has 2 nitrogen and oxygen atoms in total. The monoisotopic (exact) mass is 496 g/mol. The van der Waals surface area contributed by atoms with Gasteiger partial charge >= 0.3 is 0 Å². The van der Waals surface area contributed by atoms with Crippen LogP contribution in [-0.4, -0.2) is 9.38 Å². The molecule has 38 heavy (non-hydrogen) atoms. The topological polar surface area (TPSA) is 17.3 Å². The number of para-hydroxylation sites is 1. The van der Waals surface area contributed by atoms with Crippen molar-refractivity contribution >= 4 is 59.8 Å². The molecule has 0 aliphatic carbocycles. The van der Waals surface area contributed by atoms with Crippen LogP contribution in [0.3, 0.4) is 0 Å². The molecule has 7 rings (SSSR count). The van der Waals surface area contributed by atoms with Crippen LogP contribution >= 0.6 is 0 Å². The number of hydrogen-bond acceptors (Lipinski definition) is 1. The third-order valence-corrected chi connectivity index (χ3v) is 8.03. The van der Waals surface area contributed by atoms with Gasteiger partial charge in [-0.2, -0.15) is 0 Å². The zero-order valence-corrected chi connectivity index (χ0v) is 23.7. The number of pyridine rings is 2. The lowest BCUT2D eigenvalue weighted by atomic mass is 9.83. The maximum atomic E-state index is 5.09.